The summed E-state index contributed by atoms with van der Waals surface area (Å²) in [6.45, 7) is 6.11. The minimum absolute atomic E-state index is 0.217. The fourth-order valence-electron chi connectivity index (χ4n) is 1.56. The van der Waals surface area contributed by atoms with Gasteiger partial charge >= 0.3 is 6.36 Å². The molecule has 1 amide bonds. The van der Waals surface area contributed by atoms with Gasteiger partial charge in [0.1, 0.15) is 11.8 Å². The second-order valence-corrected chi connectivity index (χ2v) is 5.08. The van der Waals surface area contributed by atoms with Gasteiger partial charge in [0.15, 0.2) is 0 Å². The molecular formula is C14H19F3N2O2. The molecule has 0 aliphatic heterocycles. The van der Waals surface area contributed by atoms with Crippen molar-refractivity contribution in [3.8, 4) is 5.75 Å². The van der Waals surface area contributed by atoms with Crippen molar-refractivity contribution in [2.75, 3.05) is 11.9 Å². The summed E-state index contributed by atoms with van der Waals surface area (Å²) in [5.41, 5.74) is 0.379. The van der Waals surface area contributed by atoms with Gasteiger partial charge in [-0.1, -0.05) is 19.9 Å². The maximum absolute atomic E-state index is 12.1. The van der Waals surface area contributed by atoms with E-state index in [-0.39, 0.29) is 11.7 Å². The first-order valence-electron chi connectivity index (χ1n) is 6.57. The first-order chi connectivity index (χ1) is 9.67. The van der Waals surface area contributed by atoms with Crippen LogP contribution >= 0.6 is 0 Å². The first-order valence-corrected chi connectivity index (χ1v) is 6.57. The molecule has 0 spiro atoms. The SMILES string of the molecule is CC(C)CNC(=O)[C@@H](C)Nc1cccc(OC(F)(F)F)c1. The molecule has 1 atom stereocenters. The normalized spacial score (nSPS) is 12.9. The topological polar surface area (TPSA) is 50.4 Å². The Balaban J connectivity index is 2.62. The maximum Gasteiger partial charge on any atom is 0.573 e. The largest absolute Gasteiger partial charge is 0.573 e. The van der Waals surface area contributed by atoms with Gasteiger partial charge in [-0.25, -0.2) is 0 Å². The molecule has 0 unspecified atom stereocenters. The lowest BCUT2D eigenvalue weighted by atomic mass is 10.2. The van der Waals surface area contributed by atoms with E-state index in [2.05, 4.69) is 15.4 Å². The number of anilines is 1. The molecule has 0 aromatic heterocycles. The van der Waals surface area contributed by atoms with Crippen molar-refractivity contribution in [2.45, 2.75) is 33.2 Å². The van der Waals surface area contributed by atoms with Crippen LogP contribution in [0.3, 0.4) is 0 Å². The van der Waals surface area contributed by atoms with Gasteiger partial charge in [-0.2, -0.15) is 0 Å². The lowest BCUT2D eigenvalue weighted by molar-refractivity contribution is -0.274. The summed E-state index contributed by atoms with van der Waals surface area (Å²) in [7, 11) is 0. The van der Waals surface area contributed by atoms with Gasteiger partial charge in [-0.05, 0) is 25.0 Å². The molecule has 1 aromatic rings. The minimum atomic E-state index is -4.74. The zero-order chi connectivity index (χ0) is 16.0. The molecule has 118 valence electrons. The molecule has 21 heavy (non-hydrogen) atoms. The summed E-state index contributed by atoms with van der Waals surface area (Å²) < 4.78 is 40.2. The molecule has 0 heterocycles. The molecule has 0 aliphatic carbocycles. The number of amides is 1. The smallest absolute Gasteiger partial charge is 0.406 e. The molecule has 1 aromatic carbocycles. The first kappa shape index (κ1) is 17.1. The van der Waals surface area contributed by atoms with Gasteiger partial charge < -0.3 is 15.4 Å². The highest BCUT2D eigenvalue weighted by molar-refractivity contribution is 5.84. The number of benzene rings is 1. The van der Waals surface area contributed by atoms with Crippen LogP contribution in [-0.4, -0.2) is 24.9 Å². The number of nitrogens with one attached hydrogen (secondary N) is 2. The van der Waals surface area contributed by atoms with Crippen molar-refractivity contribution in [3.63, 3.8) is 0 Å². The van der Waals surface area contributed by atoms with Crippen molar-refractivity contribution in [3.05, 3.63) is 24.3 Å². The summed E-state index contributed by atoms with van der Waals surface area (Å²) >= 11 is 0. The van der Waals surface area contributed by atoms with Gasteiger partial charge in [-0.3, -0.25) is 4.79 Å². The Kier molecular flexibility index (Phi) is 5.87. The second-order valence-electron chi connectivity index (χ2n) is 5.08. The summed E-state index contributed by atoms with van der Waals surface area (Å²) in [6, 6.07) is 4.81. The third-order valence-corrected chi connectivity index (χ3v) is 2.53. The predicted octanol–water partition coefficient (Wildman–Crippen LogP) is 3.16. The van der Waals surface area contributed by atoms with Crippen molar-refractivity contribution in [2.24, 2.45) is 5.92 Å². The Bertz CT molecular complexity index is 476. The molecule has 1 rings (SSSR count). The predicted molar refractivity (Wildman–Crippen MR) is 74.1 cm³/mol. The summed E-state index contributed by atoms with van der Waals surface area (Å²) in [6.07, 6.45) is -4.74. The zero-order valence-corrected chi connectivity index (χ0v) is 12.1. The van der Waals surface area contributed by atoms with E-state index >= 15 is 0 Å². The Morgan fingerprint density at radius 1 is 1.29 bits per heavy atom. The highest BCUT2D eigenvalue weighted by Crippen LogP contribution is 2.25. The van der Waals surface area contributed by atoms with Crippen molar-refractivity contribution in [1.82, 2.24) is 5.32 Å². The number of hydrogen-bond donors (Lipinski definition) is 2. The minimum Gasteiger partial charge on any atom is -0.406 e. The number of rotatable bonds is 6. The molecule has 7 heteroatoms. The highest BCUT2D eigenvalue weighted by Gasteiger charge is 2.31. The molecular weight excluding hydrogens is 285 g/mol. The van der Waals surface area contributed by atoms with Gasteiger partial charge in [0, 0.05) is 18.3 Å². The Morgan fingerprint density at radius 3 is 2.52 bits per heavy atom. The Labute approximate surface area is 121 Å². The summed E-state index contributed by atoms with van der Waals surface area (Å²) in [5, 5.41) is 5.57. The van der Waals surface area contributed by atoms with Crippen LogP contribution in [0.4, 0.5) is 18.9 Å². The maximum atomic E-state index is 12.1. The van der Waals surface area contributed by atoms with Crippen LogP contribution < -0.4 is 15.4 Å². The van der Waals surface area contributed by atoms with Crippen molar-refractivity contribution < 1.29 is 22.7 Å². The number of ether oxygens (including phenoxy) is 1. The third kappa shape index (κ3) is 6.87. The van der Waals surface area contributed by atoms with Crippen molar-refractivity contribution in [1.29, 1.82) is 0 Å². The third-order valence-electron chi connectivity index (χ3n) is 2.53. The number of hydrogen-bond acceptors (Lipinski definition) is 3. The molecule has 0 aliphatic rings. The van der Waals surface area contributed by atoms with E-state index in [0.29, 0.717) is 18.2 Å². The van der Waals surface area contributed by atoms with Crippen LogP contribution in [0.15, 0.2) is 24.3 Å². The van der Waals surface area contributed by atoms with E-state index in [0.717, 1.165) is 0 Å². The average Bonchev–Trinajstić information content (AvgIpc) is 2.34. The van der Waals surface area contributed by atoms with E-state index in [4.69, 9.17) is 0 Å². The monoisotopic (exact) mass is 304 g/mol. The molecule has 0 saturated heterocycles. The van der Waals surface area contributed by atoms with Crippen LogP contribution in [0.2, 0.25) is 0 Å². The van der Waals surface area contributed by atoms with Crippen LogP contribution in [0.25, 0.3) is 0 Å². The molecule has 0 fully saturated rings. The van der Waals surface area contributed by atoms with E-state index in [1.54, 1.807) is 13.0 Å². The van der Waals surface area contributed by atoms with E-state index < -0.39 is 12.4 Å². The Hall–Kier alpha value is -1.92. The van der Waals surface area contributed by atoms with Crippen LogP contribution in [0, 0.1) is 5.92 Å². The van der Waals surface area contributed by atoms with Gasteiger partial charge in [-0.15, -0.1) is 13.2 Å². The number of halogens is 3. The number of carbonyl (C=O) groups excluding carboxylic acids is 1. The highest BCUT2D eigenvalue weighted by atomic mass is 19.4. The van der Waals surface area contributed by atoms with Gasteiger partial charge in [0.05, 0.1) is 0 Å². The molecule has 0 bridgehead atoms. The summed E-state index contributed by atoms with van der Waals surface area (Å²) in [5.74, 6) is -0.224. The molecule has 2 N–H and O–H groups in total. The van der Waals surface area contributed by atoms with E-state index in [1.165, 1.54) is 18.2 Å². The van der Waals surface area contributed by atoms with Crippen LogP contribution in [-0.2, 0) is 4.79 Å². The molecule has 0 saturated carbocycles. The quantitative estimate of drug-likeness (QED) is 0.849. The standard InChI is InChI=1S/C14H19F3N2O2/c1-9(2)8-18-13(20)10(3)19-11-5-4-6-12(7-11)21-14(15,16)17/h4-7,9-10,19H,8H2,1-3H3,(H,18,20)/t10-/m1/s1. The molecule has 4 nitrogen and oxygen atoms in total. The fraction of sp³-hybridized carbons (Fsp3) is 0.500. The van der Waals surface area contributed by atoms with Crippen LogP contribution in [0.5, 0.6) is 5.75 Å². The van der Waals surface area contributed by atoms with Crippen LogP contribution in [0.1, 0.15) is 20.8 Å². The van der Waals surface area contributed by atoms with E-state index in [9.17, 15) is 18.0 Å². The number of carbonyl (C=O) groups is 1. The van der Waals surface area contributed by atoms with Gasteiger partial charge in [0.2, 0.25) is 5.91 Å². The lowest BCUT2D eigenvalue weighted by Crippen LogP contribution is -2.39. The Morgan fingerprint density at radius 2 is 1.95 bits per heavy atom. The fourth-order valence-corrected chi connectivity index (χ4v) is 1.56. The van der Waals surface area contributed by atoms with Crippen molar-refractivity contribution >= 4 is 11.6 Å². The van der Waals surface area contributed by atoms with Gasteiger partial charge in [0.25, 0.3) is 0 Å². The molecule has 0 radical (unpaired) electrons. The average molecular weight is 304 g/mol. The second kappa shape index (κ2) is 7.19. The summed E-state index contributed by atoms with van der Waals surface area (Å²) in [4.78, 5) is 11.8. The lowest BCUT2D eigenvalue weighted by Gasteiger charge is -2.17. The van der Waals surface area contributed by atoms with E-state index in [1.807, 2.05) is 13.8 Å². The number of alkyl halides is 3. The zero-order valence-electron chi connectivity index (χ0n) is 12.1.